The van der Waals surface area contributed by atoms with E-state index in [0.717, 1.165) is 66.8 Å². The normalized spacial score (nSPS) is 20.8. The summed E-state index contributed by atoms with van der Waals surface area (Å²) in [6, 6.07) is 35.3. The monoisotopic (exact) mass is 736 g/mol. The third-order valence-electron chi connectivity index (χ3n) is 12.8. The van der Waals surface area contributed by atoms with E-state index in [1.54, 1.807) is 0 Å². The SMILES string of the molecule is [2H]C1([2H])c2c(ccc(C)c2C)[C@@]2(C)N=C(c3cc(C(C)C)cc(-n4c5ccc(C)cc5c5ccc(-n6c7ccc(C(C)(C)C)cc7c7cccnc76)cc54)c3)O[C@@]12C. The fraction of sp³-hybridized carbons (Fsp3) is 0.294. The molecule has 5 heteroatoms. The Bertz CT molecular complexity index is 3100. The molecular formula is C51H50N4O. The molecule has 1 aliphatic carbocycles. The van der Waals surface area contributed by atoms with E-state index in [4.69, 9.17) is 14.7 Å². The lowest BCUT2D eigenvalue weighted by atomic mass is 9.84. The van der Waals surface area contributed by atoms with Crippen LogP contribution in [0.4, 0.5) is 0 Å². The average molecular weight is 737 g/mol. The van der Waals surface area contributed by atoms with E-state index in [2.05, 4.69) is 142 Å². The number of aryl methyl sites for hydroxylation is 2. The summed E-state index contributed by atoms with van der Waals surface area (Å²) >= 11 is 0. The van der Waals surface area contributed by atoms with Gasteiger partial charge in [0, 0.05) is 53.8 Å². The van der Waals surface area contributed by atoms with Gasteiger partial charge in [0.2, 0.25) is 5.90 Å². The highest BCUT2D eigenvalue weighted by atomic mass is 16.5. The zero-order valence-corrected chi connectivity index (χ0v) is 34.1. The van der Waals surface area contributed by atoms with E-state index in [1.807, 2.05) is 40.0 Å². The van der Waals surface area contributed by atoms with Crippen LogP contribution in [0.5, 0.6) is 0 Å². The molecule has 56 heavy (non-hydrogen) atoms. The number of hydrogen-bond acceptors (Lipinski definition) is 3. The fourth-order valence-corrected chi connectivity index (χ4v) is 9.17. The van der Waals surface area contributed by atoms with E-state index in [-0.39, 0.29) is 11.3 Å². The van der Waals surface area contributed by atoms with Crippen molar-refractivity contribution in [1.82, 2.24) is 14.1 Å². The molecular weight excluding hydrogens is 685 g/mol. The first-order chi connectivity index (χ1) is 27.4. The predicted molar refractivity (Wildman–Crippen MR) is 233 cm³/mol. The molecule has 2 aliphatic rings. The molecule has 0 amide bonds. The number of pyridine rings is 1. The van der Waals surface area contributed by atoms with E-state index >= 15 is 0 Å². The number of nitrogens with zero attached hydrogens (tertiary/aromatic N) is 4. The van der Waals surface area contributed by atoms with E-state index < -0.39 is 17.5 Å². The molecule has 0 N–H and O–H groups in total. The maximum absolute atomic E-state index is 9.55. The molecule has 3 aromatic heterocycles. The van der Waals surface area contributed by atoms with Gasteiger partial charge in [-0.05, 0) is 146 Å². The van der Waals surface area contributed by atoms with Crippen molar-refractivity contribution < 1.29 is 7.48 Å². The Balaban J connectivity index is 1.21. The summed E-state index contributed by atoms with van der Waals surface area (Å²) in [6.45, 7) is 21.4. The molecule has 0 radical (unpaired) electrons. The van der Waals surface area contributed by atoms with Crippen LogP contribution in [0.15, 0.2) is 108 Å². The van der Waals surface area contributed by atoms with Gasteiger partial charge >= 0.3 is 0 Å². The van der Waals surface area contributed by atoms with Gasteiger partial charge in [-0.15, -0.1) is 0 Å². The van der Waals surface area contributed by atoms with Gasteiger partial charge in [-0.2, -0.15) is 0 Å². The second-order valence-corrected chi connectivity index (χ2v) is 17.9. The Morgan fingerprint density at radius 3 is 2.30 bits per heavy atom. The van der Waals surface area contributed by atoms with Crippen molar-refractivity contribution in [2.45, 2.75) is 98.1 Å². The maximum atomic E-state index is 9.55. The maximum Gasteiger partial charge on any atom is 0.217 e. The first-order valence-electron chi connectivity index (χ1n) is 20.9. The molecule has 0 saturated heterocycles. The number of ether oxygens (including phenoxy) is 1. The van der Waals surface area contributed by atoms with Crippen LogP contribution in [0, 0.1) is 20.8 Å². The standard InChI is InChI=1S/C51H50N4O/c1-29(2)33-23-34(48-53-51(10)43-18-14-31(4)32(5)42(43)28-50(51,9)56-48)25-37(24-33)54-44-19-13-30(3)22-40(44)38-17-16-36(27-46(38)54)55-45-20-15-35(49(6,7)8)26-41(45)39-12-11-21-52-47(39)55/h11-27,29H,28H2,1-10H3/t50-,51+/m0/s1/i28D2. The van der Waals surface area contributed by atoms with Gasteiger partial charge in [0.25, 0.3) is 0 Å². The van der Waals surface area contributed by atoms with Gasteiger partial charge in [0.05, 0.1) is 16.6 Å². The third kappa shape index (κ3) is 4.85. The molecule has 4 heterocycles. The molecule has 2 atom stereocenters. The lowest BCUT2D eigenvalue weighted by Gasteiger charge is -2.31. The largest absolute Gasteiger partial charge is 0.468 e. The number of aliphatic imine (C=N–C) groups is 1. The lowest BCUT2D eigenvalue weighted by molar-refractivity contribution is 0.0475. The van der Waals surface area contributed by atoms with Crippen LogP contribution in [-0.4, -0.2) is 25.6 Å². The zero-order chi connectivity index (χ0) is 40.8. The smallest absolute Gasteiger partial charge is 0.217 e. The van der Waals surface area contributed by atoms with Crippen molar-refractivity contribution in [2.75, 3.05) is 0 Å². The summed E-state index contributed by atoms with van der Waals surface area (Å²) in [6.07, 6.45) is 0.128. The first-order valence-corrected chi connectivity index (χ1v) is 19.9. The highest BCUT2D eigenvalue weighted by Crippen LogP contribution is 2.54. The fourth-order valence-electron chi connectivity index (χ4n) is 9.17. The van der Waals surface area contributed by atoms with Crippen molar-refractivity contribution in [3.63, 3.8) is 0 Å². The molecule has 5 nitrogen and oxygen atoms in total. The summed E-state index contributed by atoms with van der Waals surface area (Å²) in [5.74, 6) is 0.696. The Kier molecular flexibility index (Phi) is 6.79. The van der Waals surface area contributed by atoms with Gasteiger partial charge in [-0.3, -0.25) is 4.57 Å². The van der Waals surface area contributed by atoms with Gasteiger partial charge in [-0.1, -0.05) is 70.5 Å². The quantitative estimate of drug-likeness (QED) is 0.181. The Morgan fingerprint density at radius 2 is 1.52 bits per heavy atom. The third-order valence-corrected chi connectivity index (χ3v) is 12.8. The van der Waals surface area contributed by atoms with Crippen molar-refractivity contribution in [1.29, 1.82) is 0 Å². The van der Waals surface area contributed by atoms with Crippen LogP contribution in [-0.2, 0) is 22.1 Å². The minimum absolute atomic E-state index is 0.0175. The summed E-state index contributed by atoms with van der Waals surface area (Å²) in [7, 11) is 0. The summed E-state index contributed by atoms with van der Waals surface area (Å²) in [5.41, 5.74) is 12.3. The van der Waals surface area contributed by atoms with Crippen LogP contribution in [0.25, 0.3) is 55.1 Å². The van der Waals surface area contributed by atoms with Crippen molar-refractivity contribution in [2.24, 2.45) is 4.99 Å². The lowest BCUT2D eigenvalue weighted by Crippen LogP contribution is -2.41. The summed E-state index contributed by atoms with van der Waals surface area (Å²) in [5, 5.41) is 4.69. The molecule has 0 bridgehead atoms. The molecule has 0 saturated carbocycles. The molecule has 1 aliphatic heterocycles. The van der Waals surface area contributed by atoms with E-state index in [1.165, 1.54) is 27.3 Å². The van der Waals surface area contributed by atoms with Gasteiger partial charge in [0.1, 0.15) is 16.8 Å². The van der Waals surface area contributed by atoms with Gasteiger partial charge < -0.3 is 9.30 Å². The van der Waals surface area contributed by atoms with Crippen LogP contribution >= 0.6 is 0 Å². The Morgan fingerprint density at radius 1 is 0.750 bits per heavy atom. The van der Waals surface area contributed by atoms with E-state index in [9.17, 15) is 2.74 Å². The van der Waals surface area contributed by atoms with Gasteiger partial charge in [-0.25, -0.2) is 9.98 Å². The van der Waals surface area contributed by atoms with Crippen LogP contribution in [0.2, 0.25) is 0 Å². The molecule has 0 fully saturated rings. The molecule has 5 aromatic carbocycles. The van der Waals surface area contributed by atoms with Crippen molar-refractivity contribution >= 4 is 49.6 Å². The van der Waals surface area contributed by atoms with Gasteiger partial charge in [0.15, 0.2) is 0 Å². The number of hydrogen-bond donors (Lipinski definition) is 0. The number of rotatable bonds is 4. The predicted octanol–water partition coefficient (Wildman–Crippen LogP) is 12.6. The topological polar surface area (TPSA) is 44.3 Å². The number of fused-ring (bicyclic) bond motifs is 9. The van der Waals surface area contributed by atoms with Crippen LogP contribution in [0.3, 0.4) is 0 Å². The second-order valence-electron chi connectivity index (χ2n) is 17.9. The summed E-state index contributed by atoms with van der Waals surface area (Å²) in [4.78, 5) is 10.3. The average Bonchev–Trinajstić information content (AvgIpc) is 3.82. The minimum atomic E-state index is -1.76. The van der Waals surface area contributed by atoms with Crippen molar-refractivity contribution in [3.8, 4) is 11.4 Å². The first kappa shape index (κ1) is 32.6. The second kappa shape index (κ2) is 11.7. The van der Waals surface area contributed by atoms with E-state index in [0.29, 0.717) is 11.5 Å². The molecule has 0 unspecified atom stereocenters. The molecule has 280 valence electrons. The molecule has 10 rings (SSSR count). The molecule has 0 spiro atoms. The number of aromatic nitrogens is 3. The van der Waals surface area contributed by atoms with Crippen molar-refractivity contribution in [3.05, 3.63) is 148 Å². The highest BCUT2D eigenvalue weighted by Gasteiger charge is 2.59. The number of benzene rings is 5. The Labute approximate surface area is 332 Å². The van der Waals surface area contributed by atoms with Crippen LogP contribution < -0.4 is 0 Å². The zero-order valence-electron chi connectivity index (χ0n) is 36.1. The minimum Gasteiger partial charge on any atom is -0.468 e. The molecule has 8 aromatic rings. The highest BCUT2D eigenvalue weighted by molar-refractivity contribution is 6.12. The summed E-state index contributed by atoms with van der Waals surface area (Å²) < 4.78 is 30.7. The Hall–Kier alpha value is -5.68. The van der Waals surface area contributed by atoms with Crippen LogP contribution in [0.1, 0.15) is 102 Å².